The van der Waals surface area contributed by atoms with Crippen LogP contribution in [-0.2, 0) is 65.5 Å². The molecule has 3 aromatic carbocycles. The second-order valence-electron chi connectivity index (χ2n) is 24.7. The highest BCUT2D eigenvalue weighted by Crippen LogP contribution is 2.27. The number of aliphatic hydroxyl groups is 5. The molecular weight excluding hydrogens is 1310 g/mol. The SMILES string of the molecule is CCCCCCCCCCCCC(NC(=O)CCC(=O)NC1OC(O)C(O)C(O)C1O)C(=O)N[C@@H](Cc1ccccc1)C(=O)N[C@@H]1CSSC[C@H](C(=O)N[C@H](C(N)=O)[C@@H](C)O)NC(=O)[C@H](CCCCN)NC(=O)[C@H](Cc2c[nH]c3ccccc23)NC(=O)C(c2ccc(O)cc2)NC1=O. The maximum Gasteiger partial charge on any atom is 0.247 e. The quantitative estimate of drug-likeness (QED) is 0.0225. The third-order valence-corrected chi connectivity index (χ3v) is 19.3. The number of aromatic amines is 1. The number of H-pyrrole nitrogens is 1. The number of amides is 10. The van der Waals surface area contributed by atoms with Gasteiger partial charge in [-0.3, -0.25) is 47.9 Å². The predicted octanol–water partition coefficient (Wildman–Crippen LogP) is 0.265. The van der Waals surface area contributed by atoms with E-state index in [0.29, 0.717) is 47.7 Å². The van der Waals surface area contributed by atoms with E-state index in [4.69, 9.17) is 16.2 Å². The van der Waals surface area contributed by atoms with Gasteiger partial charge in [-0.1, -0.05) is 153 Å². The number of hydrogen-bond acceptors (Lipinski definition) is 20. The number of aromatic nitrogens is 1. The lowest BCUT2D eigenvalue weighted by atomic mass is 10.0. The number of carbonyl (C=O) groups excluding carboxylic acids is 10. The zero-order chi connectivity index (χ0) is 71.3. The first-order valence-electron chi connectivity index (χ1n) is 33.4. The van der Waals surface area contributed by atoms with Crippen molar-refractivity contribution in [1.82, 2.24) is 52.8 Å². The molecule has 4 aromatic rings. The minimum Gasteiger partial charge on any atom is -0.508 e. The van der Waals surface area contributed by atoms with Gasteiger partial charge in [0.2, 0.25) is 59.1 Å². The van der Waals surface area contributed by atoms with Crippen LogP contribution in [-0.4, -0.2) is 192 Å². The summed E-state index contributed by atoms with van der Waals surface area (Å²) < 4.78 is 5.04. The van der Waals surface area contributed by atoms with Gasteiger partial charge in [0.15, 0.2) is 12.5 Å². The van der Waals surface area contributed by atoms with Crippen molar-refractivity contribution in [3.63, 3.8) is 0 Å². The van der Waals surface area contributed by atoms with E-state index in [1.807, 2.05) is 6.07 Å². The molecule has 6 rings (SSSR count). The van der Waals surface area contributed by atoms with Crippen LogP contribution in [0, 0.1) is 0 Å². The Labute approximate surface area is 576 Å². The number of para-hydroxylation sites is 1. The van der Waals surface area contributed by atoms with Gasteiger partial charge in [-0.2, -0.15) is 0 Å². The van der Waals surface area contributed by atoms with Crippen molar-refractivity contribution >= 4 is 91.6 Å². The van der Waals surface area contributed by atoms with Crippen molar-refractivity contribution < 1.29 is 83.3 Å². The van der Waals surface area contributed by atoms with Gasteiger partial charge in [-0.15, -0.1) is 0 Å². The first-order chi connectivity index (χ1) is 47.0. The van der Waals surface area contributed by atoms with Gasteiger partial charge >= 0.3 is 0 Å². The van der Waals surface area contributed by atoms with Gasteiger partial charge in [-0.25, -0.2) is 0 Å². The van der Waals surface area contributed by atoms with Crippen LogP contribution in [0.5, 0.6) is 5.75 Å². The van der Waals surface area contributed by atoms with Crippen LogP contribution in [0.15, 0.2) is 85.1 Å². The lowest BCUT2D eigenvalue weighted by Gasteiger charge is -2.38. The Hall–Kier alpha value is -7.88. The van der Waals surface area contributed by atoms with Crippen molar-refractivity contribution in [1.29, 1.82) is 0 Å². The van der Waals surface area contributed by atoms with E-state index in [2.05, 4.69) is 59.8 Å². The Balaban J connectivity index is 1.34. The molecule has 7 unspecified atom stereocenters. The molecule has 29 nitrogen and oxygen atoms in total. The molecule has 2 aliphatic rings. The molecule has 98 heavy (non-hydrogen) atoms. The van der Waals surface area contributed by atoms with E-state index < -0.39 is 157 Å². The molecule has 538 valence electrons. The summed E-state index contributed by atoms with van der Waals surface area (Å²) in [7, 11) is 1.87. The summed E-state index contributed by atoms with van der Waals surface area (Å²) in [6.07, 6.45) is 0.0249. The normalized spacial score (nSPS) is 23.2. The van der Waals surface area contributed by atoms with Gasteiger partial charge in [0, 0.05) is 54.3 Å². The molecule has 14 atom stereocenters. The van der Waals surface area contributed by atoms with Crippen molar-refractivity contribution in [3.8, 4) is 5.75 Å². The number of rotatable bonds is 33. The number of ether oxygens (including phenoxy) is 1. The number of nitrogens with two attached hydrogens (primary N) is 2. The lowest BCUT2D eigenvalue weighted by molar-refractivity contribution is -0.286. The number of nitrogens with one attached hydrogen (secondary N) is 10. The minimum absolute atomic E-state index is 0.00333. The van der Waals surface area contributed by atoms with Crippen LogP contribution < -0.4 is 59.3 Å². The first-order valence-corrected chi connectivity index (χ1v) is 35.9. The second kappa shape index (κ2) is 40.9. The summed E-state index contributed by atoms with van der Waals surface area (Å²) in [6.45, 7) is 3.60. The van der Waals surface area contributed by atoms with Crippen molar-refractivity contribution in [2.75, 3.05) is 18.1 Å². The van der Waals surface area contributed by atoms with Gasteiger partial charge in [0.25, 0.3) is 0 Å². The Bertz CT molecular complexity index is 3260. The van der Waals surface area contributed by atoms with E-state index >= 15 is 14.4 Å². The topological polar surface area (TPSA) is 477 Å². The van der Waals surface area contributed by atoms with E-state index in [0.717, 1.165) is 66.5 Å². The van der Waals surface area contributed by atoms with Gasteiger partial charge in [-0.05, 0) is 74.0 Å². The van der Waals surface area contributed by atoms with Crippen LogP contribution >= 0.6 is 21.6 Å². The van der Waals surface area contributed by atoms with Crippen LogP contribution in [0.1, 0.15) is 139 Å². The molecule has 31 heteroatoms. The first kappa shape index (κ1) is 79.1. The summed E-state index contributed by atoms with van der Waals surface area (Å²) in [6, 6.07) is 8.99. The molecule has 20 N–H and O–H groups in total. The zero-order valence-electron chi connectivity index (χ0n) is 55.2. The summed E-state index contributed by atoms with van der Waals surface area (Å²) in [4.78, 5) is 146. The number of unbranched alkanes of at least 4 members (excludes halogenated alkanes) is 10. The van der Waals surface area contributed by atoms with Crippen LogP contribution in [0.25, 0.3) is 10.9 Å². The number of fused-ring (bicyclic) bond motifs is 1. The number of phenolic OH excluding ortho intramolecular Hbond substituents is 1. The van der Waals surface area contributed by atoms with Crippen LogP contribution in [0.4, 0.5) is 0 Å². The highest BCUT2D eigenvalue weighted by atomic mass is 33.1. The highest BCUT2D eigenvalue weighted by molar-refractivity contribution is 8.76. The summed E-state index contributed by atoms with van der Waals surface area (Å²) in [5, 5.41) is 85.8. The summed E-state index contributed by atoms with van der Waals surface area (Å²) in [5.74, 6) is -9.86. The highest BCUT2D eigenvalue weighted by Gasteiger charge is 2.44. The van der Waals surface area contributed by atoms with E-state index in [1.165, 1.54) is 37.6 Å². The number of aliphatic hydroxyl groups excluding tert-OH is 5. The second-order valence-corrected chi connectivity index (χ2v) is 27.2. The Kier molecular flexibility index (Phi) is 33.0. The lowest BCUT2D eigenvalue weighted by Crippen LogP contribution is -2.62. The van der Waals surface area contributed by atoms with Crippen molar-refractivity contribution in [2.45, 2.75) is 215 Å². The van der Waals surface area contributed by atoms with Crippen LogP contribution in [0.2, 0.25) is 0 Å². The fourth-order valence-corrected chi connectivity index (χ4v) is 13.5. The molecule has 3 heterocycles. The number of benzene rings is 3. The molecule has 1 aromatic heterocycles. The van der Waals surface area contributed by atoms with Gasteiger partial charge in [0.1, 0.15) is 72.4 Å². The molecule has 0 spiro atoms. The molecule has 0 aliphatic carbocycles. The Morgan fingerprint density at radius 1 is 0.643 bits per heavy atom. The van der Waals surface area contributed by atoms with Gasteiger partial charge < -0.3 is 99.7 Å². The summed E-state index contributed by atoms with van der Waals surface area (Å²) in [5.41, 5.74) is 13.3. The van der Waals surface area contributed by atoms with E-state index in [9.17, 15) is 64.2 Å². The Morgan fingerprint density at radius 2 is 1.28 bits per heavy atom. The third kappa shape index (κ3) is 25.1. The molecule has 2 aliphatic heterocycles. The number of hydrogen-bond donors (Lipinski definition) is 18. The number of primary amides is 1. The minimum atomic E-state index is -1.95. The standard InChI is InChI=1S/C67H96N12O17S2/c1-3-4-5-6-7-8-9-10-11-15-24-45(71-51(82)30-31-52(83)77-66-56(85)55(84)57(86)67(95)96-66)59(88)73-47(33-39-20-13-12-14-21-39)61(90)76-50-37-98-97-36-49(63(92)78-53(38(2)80)58(69)87)75-60(89)46(25-18-19-32-68)72-62(91)48(34-41-35-70-44-23-17-16-22-43(41)44)74-65(94)54(79-64(50)93)40-26-28-42(81)29-27-40/h12-14,16-17,20-23,26-29,35,38,45-50,53-57,66-67,70,80-81,84-86,95H,3-11,15,18-19,24-25,30-34,36-37,68H2,1-2H3,(H2,69,87)(H,71,82)(H,72,91)(H,73,88)(H,74,94)(H,75,89)(H,76,90)(H,77,83)(H,78,92)(H,79,93)/t38-,45?,46+,47+,48+,49-,50-,53+,54?,55?,56?,57?,66?,67?/m1/s1. The average molecular weight is 1410 g/mol. The molecule has 0 radical (unpaired) electrons. The van der Waals surface area contributed by atoms with Crippen molar-refractivity contribution in [2.24, 2.45) is 11.5 Å². The monoisotopic (exact) mass is 1400 g/mol. The Morgan fingerprint density at radius 3 is 1.95 bits per heavy atom. The number of aromatic hydroxyl groups is 1. The molecule has 0 bridgehead atoms. The van der Waals surface area contributed by atoms with Gasteiger partial charge in [0.05, 0.1) is 6.10 Å². The smallest absolute Gasteiger partial charge is 0.247 e. The third-order valence-electron chi connectivity index (χ3n) is 16.9. The van der Waals surface area contributed by atoms with E-state index in [1.54, 1.807) is 54.7 Å². The fourth-order valence-electron chi connectivity index (χ4n) is 11.2. The van der Waals surface area contributed by atoms with Crippen molar-refractivity contribution in [3.05, 3.63) is 102 Å². The number of carbonyl (C=O) groups is 10. The average Bonchev–Trinajstić information content (AvgIpc) is 1.36. The molecule has 10 amide bonds. The summed E-state index contributed by atoms with van der Waals surface area (Å²) >= 11 is 0. The predicted molar refractivity (Wildman–Crippen MR) is 366 cm³/mol. The zero-order valence-corrected chi connectivity index (χ0v) is 56.8. The molecule has 2 saturated heterocycles. The largest absolute Gasteiger partial charge is 0.508 e. The molecule has 2 fully saturated rings. The fraction of sp³-hybridized carbons (Fsp3) is 0.552. The van der Waals surface area contributed by atoms with E-state index in [-0.39, 0.29) is 55.0 Å². The molecule has 0 saturated carbocycles. The van der Waals surface area contributed by atoms with Crippen LogP contribution in [0.3, 0.4) is 0 Å². The maximum atomic E-state index is 15.2. The number of phenols is 1. The molecular formula is C67H96N12O17S2. The maximum absolute atomic E-state index is 15.2.